The smallest absolute Gasteiger partial charge is 0.0193 e. The highest BCUT2D eigenvalue weighted by Crippen LogP contribution is 2.72. The van der Waals surface area contributed by atoms with Crippen LogP contribution in [-0.2, 0) is 0 Å². The van der Waals surface area contributed by atoms with Gasteiger partial charge < -0.3 is 0 Å². The van der Waals surface area contributed by atoms with Crippen LogP contribution in [0.15, 0.2) is 24.3 Å². The van der Waals surface area contributed by atoms with E-state index in [1.807, 2.05) is 0 Å². The minimum atomic E-state index is 0.999. The summed E-state index contributed by atoms with van der Waals surface area (Å²) in [5.41, 5.74) is 0. The molecule has 0 nitrogen and oxygen atoms in total. The molecule has 0 aromatic heterocycles. The molecule has 0 atom stereocenters. The van der Waals surface area contributed by atoms with Crippen molar-refractivity contribution in [1.29, 1.82) is 0 Å². The number of fused-ring (bicyclic) bond motifs is 12. The predicted molar refractivity (Wildman–Crippen MR) is 55.4 cm³/mol. The molecule has 0 heteroatoms. The van der Waals surface area contributed by atoms with E-state index in [4.69, 9.17) is 0 Å². The maximum atomic E-state index is 2.54. The van der Waals surface area contributed by atoms with Gasteiger partial charge in [-0.15, -0.1) is 0 Å². The zero-order valence-corrected chi connectivity index (χ0v) is 8.34. The molecule has 0 heterocycles. The Labute approximate surface area is 85.1 Å². The molecule has 4 bridgehead atoms. The number of hydrogen-bond acceptors (Lipinski definition) is 0. The Morgan fingerprint density at radius 3 is 1.07 bits per heavy atom. The summed E-state index contributed by atoms with van der Waals surface area (Å²) in [7, 11) is 0. The second kappa shape index (κ2) is 1.89. The monoisotopic (exact) mass is 184 g/mol. The standard InChI is InChI=1S/C14H16/c1-2-8-5-7(1)11-12(8)14-10-4-3-9(6-10)13(11)14/h1-4,7-14H,5-6H2/t7?,8?,9?,10?,11-,12?,13+,14?/m1/s1. The molecule has 3 fully saturated rings. The average Bonchev–Trinajstić information content (AvgIpc) is 2.82. The van der Waals surface area contributed by atoms with Crippen LogP contribution in [0.3, 0.4) is 0 Å². The normalized spacial score (nSPS) is 69.7. The van der Waals surface area contributed by atoms with Crippen molar-refractivity contribution in [3.63, 3.8) is 0 Å². The van der Waals surface area contributed by atoms with E-state index in [0.29, 0.717) is 0 Å². The molecular formula is C14H16. The van der Waals surface area contributed by atoms with Gasteiger partial charge in [-0.1, -0.05) is 24.3 Å². The van der Waals surface area contributed by atoms with Gasteiger partial charge in [0.15, 0.2) is 0 Å². The van der Waals surface area contributed by atoms with Gasteiger partial charge in [-0.2, -0.15) is 0 Å². The van der Waals surface area contributed by atoms with Gasteiger partial charge in [-0.3, -0.25) is 0 Å². The van der Waals surface area contributed by atoms with Crippen molar-refractivity contribution < 1.29 is 0 Å². The van der Waals surface area contributed by atoms with Crippen molar-refractivity contribution >= 4 is 0 Å². The van der Waals surface area contributed by atoms with E-state index in [0.717, 1.165) is 47.3 Å². The fraction of sp³-hybridized carbons (Fsp3) is 0.714. The Kier molecular flexibility index (Phi) is 0.929. The highest BCUT2D eigenvalue weighted by Gasteiger charge is 2.67. The first kappa shape index (κ1) is 6.87. The Balaban J connectivity index is 1.64. The van der Waals surface area contributed by atoms with Gasteiger partial charge in [-0.05, 0) is 60.2 Å². The van der Waals surface area contributed by atoms with Gasteiger partial charge in [-0.25, -0.2) is 0 Å². The van der Waals surface area contributed by atoms with Crippen LogP contribution in [0.4, 0.5) is 0 Å². The lowest BCUT2D eigenvalue weighted by molar-refractivity contribution is -0.0372. The lowest BCUT2D eigenvalue weighted by atomic mass is 9.50. The van der Waals surface area contributed by atoms with Crippen LogP contribution in [0.1, 0.15) is 12.8 Å². The minimum Gasteiger partial charge on any atom is -0.0848 e. The predicted octanol–water partition coefficient (Wildman–Crippen LogP) is 2.88. The highest BCUT2D eigenvalue weighted by atomic mass is 14.7. The fourth-order valence-electron chi connectivity index (χ4n) is 5.82. The van der Waals surface area contributed by atoms with Crippen LogP contribution in [0.25, 0.3) is 0 Å². The molecule has 5 rings (SSSR count). The first-order valence-electron chi connectivity index (χ1n) is 6.30. The minimum absolute atomic E-state index is 0.999. The lowest BCUT2D eigenvalue weighted by Gasteiger charge is -2.54. The molecule has 5 aliphatic carbocycles. The fourth-order valence-corrected chi connectivity index (χ4v) is 5.82. The molecule has 0 spiro atoms. The summed E-state index contributed by atoms with van der Waals surface area (Å²) >= 11 is 0. The molecule has 72 valence electrons. The van der Waals surface area contributed by atoms with Gasteiger partial charge in [0.2, 0.25) is 0 Å². The van der Waals surface area contributed by atoms with E-state index >= 15 is 0 Å². The van der Waals surface area contributed by atoms with Gasteiger partial charge in [0, 0.05) is 0 Å². The van der Waals surface area contributed by atoms with Crippen molar-refractivity contribution in [2.24, 2.45) is 47.3 Å². The van der Waals surface area contributed by atoms with E-state index in [2.05, 4.69) is 24.3 Å². The van der Waals surface area contributed by atoms with Crippen molar-refractivity contribution in [2.45, 2.75) is 12.8 Å². The molecular weight excluding hydrogens is 168 g/mol. The maximum absolute atomic E-state index is 2.54. The van der Waals surface area contributed by atoms with Gasteiger partial charge >= 0.3 is 0 Å². The average molecular weight is 184 g/mol. The third kappa shape index (κ3) is 0.515. The van der Waals surface area contributed by atoms with E-state index in [9.17, 15) is 0 Å². The lowest BCUT2D eigenvalue weighted by Crippen LogP contribution is -2.50. The van der Waals surface area contributed by atoms with Crippen LogP contribution < -0.4 is 0 Å². The van der Waals surface area contributed by atoms with Crippen molar-refractivity contribution in [3.8, 4) is 0 Å². The SMILES string of the molecule is C1=CC2CC1C1C3C4C=CC(C4)[C@H]3[C@H]21. The molecule has 0 aromatic carbocycles. The number of rotatable bonds is 0. The van der Waals surface area contributed by atoms with Crippen LogP contribution in [-0.4, -0.2) is 0 Å². The summed E-state index contributed by atoms with van der Waals surface area (Å²) in [5.74, 6) is 8.48. The molecule has 0 aromatic rings. The molecule has 0 unspecified atom stereocenters. The Hall–Kier alpha value is -0.520. The number of hydrogen-bond donors (Lipinski definition) is 0. The molecule has 0 aliphatic heterocycles. The third-order valence-corrected chi connectivity index (χ3v) is 6.05. The first-order valence-corrected chi connectivity index (χ1v) is 6.30. The first-order chi connectivity index (χ1) is 6.93. The van der Waals surface area contributed by atoms with Gasteiger partial charge in [0.1, 0.15) is 0 Å². The summed E-state index contributed by atoms with van der Waals surface area (Å²) < 4.78 is 0. The topological polar surface area (TPSA) is 0 Å². The summed E-state index contributed by atoms with van der Waals surface area (Å²) in [6.07, 6.45) is 13.2. The summed E-state index contributed by atoms with van der Waals surface area (Å²) in [6.45, 7) is 0. The van der Waals surface area contributed by atoms with E-state index < -0.39 is 0 Å². The van der Waals surface area contributed by atoms with Crippen molar-refractivity contribution in [2.75, 3.05) is 0 Å². The van der Waals surface area contributed by atoms with E-state index in [-0.39, 0.29) is 0 Å². The highest BCUT2D eigenvalue weighted by molar-refractivity contribution is 5.29. The Bertz CT molecular complexity index is 288. The summed E-state index contributed by atoms with van der Waals surface area (Å²) in [6, 6.07) is 0. The zero-order chi connectivity index (χ0) is 8.86. The third-order valence-electron chi connectivity index (χ3n) is 6.05. The Morgan fingerprint density at radius 1 is 0.500 bits per heavy atom. The summed E-state index contributed by atoms with van der Waals surface area (Å²) in [4.78, 5) is 0. The van der Waals surface area contributed by atoms with Crippen molar-refractivity contribution in [3.05, 3.63) is 24.3 Å². The van der Waals surface area contributed by atoms with Crippen LogP contribution in [0.5, 0.6) is 0 Å². The zero-order valence-electron chi connectivity index (χ0n) is 8.34. The quantitative estimate of drug-likeness (QED) is 0.508. The van der Waals surface area contributed by atoms with Crippen LogP contribution in [0, 0.1) is 47.3 Å². The van der Waals surface area contributed by atoms with Crippen molar-refractivity contribution in [1.82, 2.24) is 0 Å². The molecule has 0 saturated heterocycles. The molecule has 5 aliphatic rings. The Morgan fingerprint density at radius 2 is 0.786 bits per heavy atom. The second-order valence-corrected chi connectivity index (χ2v) is 6.21. The molecule has 0 radical (unpaired) electrons. The van der Waals surface area contributed by atoms with Crippen LogP contribution >= 0.6 is 0 Å². The second-order valence-electron chi connectivity index (χ2n) is 6.21. The van der Waals surface area contributed by atoms with Gasteiger partial charge in [0.25, 0.3) is 0 Å². The molecule has 0 N–H and O–H groups in total. The van der Waals surface area contributed by atoms with E-state index in [1.165, 1.54) is 12.8 Å². The molecule has 3 saturated carbocycles. The molecule has 0 amide bonds. The maximum Gasteiger partial charge on any atom is -0.0193 e. The largest absolute Gasteiger partial charge is 0.0848 e. The summed E-state index contributed by atoms with van der Waals surface area (Å²) in [5, 5.41) is 0. The number of allylic oxidation sites excluding steroid dienone is 4. The van der Waals surface area contributed by atoms with Gasteiger partial charge in [0.05, 0.1) is 0 Å². The molecule has 14 heavy (non-hydrogen) atoms. The van der Waals surface area contributed by atoms with E-state index in [1.54, 1.807) is 0 Å². The van der Waals surface area contributed by atoms with Crippen LogP contribution in [0.2, 0.25) is 0 Å².